The van der Waals surface area contributed by atoms with E-state index < -0.39 is 0 Å². The standard InChI is InChI=1S/C23H27BrO.C2H6/c1-4-22(25)20-14-18-13-19(24)11-12-21(18)23(5-2,16(20)3)15-17-9-7-6-8-10-17;1-2/h6-13,20,22,25H,3-5,14-15H2,1-2H3;1-2H3. The lowest BCUT2D eigenvalue weighted by molar-refractivity contribution is 0.108. The van der Waals surface area contributed by atoms with Gasteiger partial charge in [0.2, 0.25) is 0 Å². The summed E-state index contributed by atoms with van der Waals surface area (Å²) in [4.78, 5) is 0. The first kappa shape index (κ1) is 21.9. The number of benzene rings is 2. The zero-order valence-corrected chi connectivity index (χ0v) is 18.7. The van der Waals surface area contributed by atoms with Gasteiger partial charge in [0, 0.05) is 15.8 Å². The first-order valence-corrected chi connectivity index (χ1v) is 11.0. The molecule has 0 amide bonds. The summed E-state index contributed by atoms with van der Waals surface area (Å²) < 4.78 is 1.10. The Balaban J connectivity index is 0.00000126. The van der Waals surface area contributed by atoms with Crippen molar-refractivity contribution in [2.24, 2.45) is 5.92 Å². The molecule has 3 unspecified atom stereocenters. The molecule has 0 bridgehead atoms. The number of fused-ring (bicyclic) bond motifs is 1. The van der Waals surface area contributed by atoms with Gasteiger partial charge in [-0.1, -0.05) is 92.2 Å². The quantitative estimate of drug-likeness (QED) is 0.515. The first-order valence-electron chi connectivity index (χ1n) is 10.2. The molecule has 0 aromatic heterocycles. The molecule has 0 fully saturated rings. The molecule has 27 heavy (non-hydrogen) atoms. The summed E-state index contributed by atoms with van der Waals surface area (Å²) in [6.07, 6.45) is 3.23. The molecule has 1 N–H and O–H groups in total. The van der Waals surface area contributed by atoms with Gasteiger partial charge in [-0.25, -0.2) is 0 Å². The van der Waals surface area contributed by atoms with Crippen LogP contribution in [0.5, 0.6) is 0 Å². The summed E-state index contributed by atoms with van der Waals surface area (Å²) in [5, 5.41) is 10.7. The number of aliphatic hydroxyl groups is 1. The van der Waals surface area contributed by atoms with Crippen LogP contribution in [0, 0.1) is 5.92 Å². The van der Waals surface area contributed by atoms with E-state index >= 15 is 0 Å². The second-order valence-electron chi connectivity index (χ2n) is 7.21. The maximum Gasteiger partial charge on any atom is 0.0606 e. The third kappa shape index (κ3) is 4.38. The summed E-state index contributed by atoms with van der Waals surface area (Å²) in [5.74, 6) is 0.121. The van der Waals surface area contributed by atoms with Crippen LogP contribution < -0.4 is 0 Å². The molecule has 2 heteroatoms. The van der Waals surface area contributed by atoms with Gasteiger partial charge >= 0.3 is 0 Å². The van der Waals surface area contributed by atoms with Crippen LogP contribution in [0.1, 0.15) is 57.2 Å². The molecule has 0 heterocycles. The van der Waals surface area contributed by atoms with Gasteiger partial charge in [0.1, 0.15) is 0 Å². The van der Waals surface area contributed by atoms with Crippen molar-refractivity contribution in [2.45, 2.75) is 64.9 Å². The lowest BCUT2D eigenvalue weighted by Crippen LogP contribution is -2.42. The molecule has 1 nitrogen and oxygen atoms in total. The van der Waals surface area contributed by atoms with E-state index in [-0.39, 0.29) is 17.4 Å². The molecule has 0 saturated heterocycles. The van der Waals surface area contributed by atoms with Crippen LogP contribution >= 0.6 is 15.9 Å². The second kappa shape index (κ2) is 9.71. The molecule has 2 aromatic carbocycles. The Morgan fingerprint density at radius 1 is 1.15 bits per heavy atom. The third-order valence-electron chi connectivity index (χ3n) is 5.92. The minimum absolute atomic E-state index is 0.115. The van der Waals surface area contributed by atoms with Crippen molar-refractivity contribution in [3.63, 3.8) is 0 Å². The highest BCUT2D eigenvalue weighted by Gasteiger charge is 2.44. The van der Waals surface area contributed by atoms with Gasteiger partial charge < -0.3 is 5.11 Å². The molecular formula is C25H33BrO. The lowest BCUT2D eigenvalue weighted by Gasteiger charge is -2.46. The predicted octanol–water partition coefficient (Wildman–Crippen LogP) is 6.87. The molecular weight excluding hydrogens is 396 g/mol. The molecule has 146 valence electrons. The van der Waals surface area contributed by atoms with E-state index in [0.717, 1.165) is 30.2 Å². The second-order valence-corrected chi connectivity index (χ2v) is 8.13. The largest absolute Gasteiger partial charge is 0.393 e. The average molecular weight is 429 g/mol. The van der Waals surface area contributed by atoms with Gasteiger partial charge in [-0.2, -0.15) is 0 Å². The van der Waals surface area contributed by atoms with Crippen LogP contribution in [0.3, 0.4) is 0 Å². The molecule has 2 aromatic rings. The summed E-state index contributed by atoms with van der Waals surface area (Å²) >= 11 is 3.62. The highest BCUT2D eigenvalue weighted by atomic mass is 79.9. The van der Waals surface area contributed by atoms with Gasteiger partial charge in [0.15, 0.2) is 0 Å². The number of aliphatic hydroxyl groups excluding tert-OH is 1. The Hall–Kier alpha value is -1.38. The maximum atomic E-state index is 10.7. The van der Waals surface area contributed by atoms with Gasteiger partial charge in [0.05, 0.1) is 6.10 Å². The van der Waals surface area contributed by atoms with Crippen molar-refractivity contribution in [2.75, 3.05) is 0 Å². The SMILES string of the molecule is C=C1C(C(O)CC)Cc2cc(Br)ccc2C1(CC)Cc1ccccc1.CC. The van der Waals surface area contributed by atoms with Crippen molar-refractivity contribution >= 4 is 15.9 Å². The Morgan fingerprint density at radius 3 is 2.41 bits per heavy atom. The fourth-order valence-electron chi connectivity index (χ4n) is 4.43. The normalized spacial score (nSPS) is 22.4. The number of halogens is 1. The minimum Gasteiger partial charge on any atom is -0.393 e. The summed E-state index contributed by atoms with van der Waals surface area (Å²) in [5.41, 5.74) is 5.13. The zero-order valence-electron chi connectivity index (χ0n) is 17.1. The van der Waals surface area contributed by atoms with Gasteiger partial charge in [-0.15, -0.1) is 0 Å². The van der Waals surface area contributed by atoms with E-state index in [1.165, 1.54) is 22.3 Å². The number of hydrogen-bond acceptors (Lipinski definition) is 1. The van der Waals surface area contributed by atoms with E-state index in [2.05, 4.69) is 84.9 Å². The van der Waals surface area contributed by atoms with Crippen LogP contribution in [-0.2, 0) is 18.3 Å². The van der Waals surface area contributed by atoms with Crippen LogP contribution in [0.25, 0.3) is 0 Å². The van der Waals surface area contributed by atoms with Crippen LogP contribution in [0.2, 0.25) is 0 Å². The summed E-state index contributed by atoms with van der Waals surface area (Å²) in [6, 6.07) is 17.3. The smallest absolute Gasteiger partial charge is 0.0606 e. The lowest BCUT2D eigenvalue weighted by atomic mass is 9.58. The summed E-state index contributed by atoms with van der Waals surface area (Å²) in [6.45, 7) is 12.8. The molecule has 0 saturated carbocycles. The van der Waals surface area contributed by atoms with E-state index in [4.69, 9.17) is 0 Å². The van der Waals surface area contributed by atoms with Crippen molar-refractivity contribution < 1.29 is 5.11 Å². The van der Waals surface area contributed by atoms with E-state index in [0.29, 0.717) is 0 Å². The van der Waals surface area contributed by atoms with Crippen molar-refractivity contribution in [3.05, 3.63) is 81.8 Å². The fraction of sp³-hybridized carbons (Fsp3) is 0.440. The highest BCUT2D eigenvalue weighted by molar-refractivity contribution is 9.10. The van der Waals surface area contributed by atoms with E-state index in [1.807, 2.05) is 13.8 Å². The van der Waals surface area contributed by atoms with E-state index in [1.54, 1.807) is 0 Å². The Bertz CT molecular complexity index is 752. The van der Waals surface area contributed by atoms with Gasteiger partial charge in [-0.05, 0) is 54.5 Å². The van der Waals surface area contributed by atoms with Crippen molar-refractivity contribution in [1.82, 2.24) is 0 Å². The van der Waals surface area contributed by atoms with Crippen LogP contribution in [0.15, 0.2) is 65.2 Å². The van der Waals surface area contributed by atoms with Crippen molar-refractivity contribution in [3.8, 4) is 0 Å². The topological polar surface area (TPSA) is 20.2 Å². The fourth-order valence-corrected chi connectivity index (χ4v) is 4.84. The average Bonchev–Trinajstić information content (AvgIpc) is 2.71. The molecule has 1 aliphatic carbocycles. The highest BCUT2D eigenvalue weighted by Crippen LogP contribution is 2.49. The molecule has 0 spiro atoms. The van der Waals surface area contributed by atoms with Crippen molar-refractivity contribution in [1.29, 1.82) is 0 Å². The Kier molecular flexibility index (Phi) is 7.88. The minimum atomic E-state index is -0.332. The predicted molar refractivity (Wildman–Crippen MR) is 120 cm³/mol. The number of rotatable bonds is 5. The van der Waals surface area contributed by atoms with Gasteiger partial charge in [0.25, 0.3) is 0 Å². The third-order valence-corrected chi connectivity index (χ3v) is 6.41. The molecule has 0 aliphatic heterocycles. The molecule has 1 aliphatic rings. The van der Waals surface area contributed by atoms with Gasteiger partial charge in [-0.3, -0.25) is 0 Å². The Morgan fingerprint density at radius 2 is 1.81 bits per heavy atom. The zero-order chi connectivity index (χ0) is 20.0. The van der Waals surface area contributed by atoms with Crippen LogP contribution in [-0.4, -0.2) is 11.2 Å². The molecule has 3 atom stereocenters. The van der Waals surface area contributed by atoms with E-state index in [9.17, 15) is 5.11 Å². The Labute approximate surface area is 173 Å². The van der Waals surface area contributed by atoms with Crippen LogP contribution in [0.4, 0.5) is 0 Å². The monoisotopic (exact) mass is 428 g/mol. The molecule has 0 radical (unpaired) electrons. The number of hydrogen-bond donors (Lipinski definition) is 1. The molecule has 3 rings (SSSR count). The maximum absolute atomic E-state index is 10.7. The first-order chi connectivity index (χ1) is 13.0. The summed E-state index contributed by atoms with van der Waals surface area (Å²) in [7, 11) is 0.